The molecule has 3 N–H and O–H groups in total. The quantitative estimate of drug-likeness (QED) is 0.218. The first kappa shape index (κ1) is 46.1. The zero-order valence-electron chi connectivity index (χ0n) is 36.1. The molecule has 1 aromatic carbocycles. The van der Waals surface area contributed by atoms with E-state index in [1.807, 2.05) is 25.9 Å². The monoisotopic (exact) mass is 830 g/mol. The Morgan fingerprint density at radius 1 is 1.07 bits per heavy atom. The van der Waals surface area contributed by atoms with Gasteiger partial charge in [0.15, 0.2) is 23.8 Å². The molecule has 13 atom stereocenters. The van der Waals surface area contributed by atoms with Crippen LogP contribution in [0.25, 0.3) is 11.1 Å². The Labute approximate surface area is 345 Å². The number of carbonyl (C=O) groups is 4. The van der Waals surface area contributed by atoms with Crippen LogP contribution in [-0.4, -0.2) is 126 Å². The number of benzene rings is 1. The van der Waals surface area contributed by atoms with E-state index < -0.39 is 83.3 Å². The first-order valence-electron chi connectivity index (χ1n) is 20.4. The van der Waals surface area contributed by atoms with Gasteiger partial charge in [-0.1, -0.05) is 38.9 Å². The number of likely N-dealkylation sites (N-methyl/N-ethyl adjacent to an activating group) is 1. The molecular formula is C42H62N4O13. The summed E-state index contributed by atoms with van der Waals surface area (Å²) in [5.41, 5.74) is 4.38. The lowest BCUT2D eigenvalue weighted by molar-refractivity contribution is -0.298. The lowest BCUT2D eigenvalue weighted by Gasteiger charge is -2.48. The predicted octanol–water partition coefficient (Wildman–Crippen LogP) is 4.00. The number of esters is 2. The highest BCUT2D eigenvalue weighted by Crippen LogP contribution is 2.40. The van der Waals surface area contributed by atoms with Gasteiger partial charge in [-0.3, -0.25) is 19.2 Å². The molecule has 3 saturated heterocycles. The van der Waals surface area contributed by atoms with Crippen molar-refractivity contribution < 1.29 is 62.0 Å². The van der Waals surface area contributed by atoms with E-state index >= 15 is 0 Å². The van der Waals surface area contributed by atoms with Gasteiger partial charge < -0.3 is 53.4 Å². The van der Waals surface area contributed by atoms with Crippen LogP contribution in [0.5, 0.6) is 0 Å². The summed E-state index contributed by atoms with van der Waals surface area (Å²) in [4.78, 5) is 67.3. The Morgan fingerprint density at radius 2 is 1.78 bits per heavy atom. The zero-order chi connectivity index (χ0) is 43.6. The number of ketones is 2. The summed E-state index contributed by atoms with van der Waals surface area (Å²) in [6.45, 7) is 14.1. The Bertz CT molecular complexity index is 1860. The third-order valence-electron chi connectivity index (χ3n) is 12.0. The molecule has 0 amide bonds. The number of aromatic nitrogens is 1. The maximum absolute atomic E-state index is 14.5. The summed E-state index contributed by atoms with van der Waals surface area (Å²) < 4.78 is 43.6. The van der Waals surface area contributed by atoms with E-state index in [4.69, 9.17) is 43.4 Å². The smallest absolute Gasteiger partial charge is 0.316 e. The fraction of sp³-hybridized carbons (Fsp3) is 0.714. The van der Waals surface area contributed by atoms with Crippen molar-refractivity contribution >= 4 is 46.3 Å². The van der Waals surface area contributed by atoms with Crippen LogP contribution in [0.4, 0.5) is 6.01 Å². The molecule has 2 aromatic rings. The van der Waals surface area contributed by atoms with Crippen molar-refractivity contribution in [3.8, 4) is 0 Å². The van der Waals surface area contributed by atoms with Gasteiger partial charge in [0.05, 0.1) is 43.2 Å². The zero-order valence-corrected chi connectivity index (χ0v) is 36.1. The van der Waals surface area contributed by atoms with E-state index in [-0.39, 0.29) is 62.3 Å². The summed E-state index contributed by atoms with van der Waals surface area (Å²) in [5, 5.41) is 16.6. The van der Waals surface area contributed by atoms with Crippen LogP contribution in [0.3, 0.4) is 0 Å². The molecule has 4 heterocycles. The molecule has 5 rings (SSSR count). The summed E-state index contributed by atoms with van der Waals surface area (Å²) in [6, 6.07) is 4.97. The van der Waals surface area contributed by atoms with Gasteiger partial charge in [-0.15, -0.1) is 0 Å². The normalized spacial score (nSPS) is 37.4. The molecule has 3 aliphatic rings. The first-order chi connectivity index (χ1) is 27.7. The Morgan fingerprint density at radius 3 is 2.44 bits per heavy atom. The number of Topliss-reactive ketones (excluding diaryl/α,β-unsaturated/α-hetero) is 2. The minimum atomic E-state index is -1.90. The molecule has 0 saturated carbocycles. The van der Waals surface area contributed by atoms with Crippen molar-refractivity contribution in [3.63, 3.8) is 0 Å². The highest BCUT2D eigenvalue weighted by molar-refractivity contribution is 6.00. The van der Waals surface area contributed by atoms with Crippen LogP contribution in [-0.2, 0) is 59.0 Å². The van der Waals surface area contributed by atoms with Crippen molar-refractivity contribution in [1.29, 1.82) is 0 Å². The van der Waals surface area contributed by atoms with Crippen LogP contribution in [0.1, 0.15) is 87.1 Å². The van der Waals surface area contributed by atoms with Gasteiger partial charge in [0, 0.05) is 24.7 Å². The van der Waals surface area contributed by atoms with Crippen LogP contribution < -0.4 is 5.73 Å². The number of carbonyl (C=O) groups excluding carboxylic acids is 4. The number of oxazole rings is 1. The molecule has 17 nitrogen and oxygen atoms in total. The van der Waals surface area contributed by atoms with E-state index in [2.05, 4.69) is 10.1 Å². The standard InChI is InChI=1S/C42H62N4O13/c1-12-32-42(9,51)37-23(4)33(48)21(2)17-41(8,53-20-28(19-52-37)45-54-18-27-13-14-31-29(16-27)44-40(43)57-31)36(24(5)34(49)25(6)38(50)58-32)59-39-35(56-26(7)47)30(46(10)11)15-22(3)55-39/h13-14,16,21-25,30,32,35-37,39,51H,12,15,17-20H2,1-11H3,(H2,43,44)/b45-28+/t21-,22-,23+,24+,25-,30+,32-,35-,36-,37-,39+,41-,42-/m1/s1. The number of nitrogens with two attached hydrogens (primary N) is 1. The number of hydrogen-bond donors (Lipinski definition) is 2. The number of nitrogens with zero attached hydrogens (tertiary/aromatic N) is 3. The number of fused-ring (bicyclic) bond motifs is 6. The number of anilines is 1. The third-order valence-corrected chi connectivity index (χ3v) is 12.0. The van der Waals surface area contributed by atoms with E-state index in [0.29, 0.717) is 23.1 Å². The number of ether oxygens (including phenoxy) is 6. The second kappa shape index (κ2) is 18.7. The van der Waals surface area contributed by atoms with Gasteiger partial charge in [0.2, 0.25) is 0 Å². The van der Waals surface area contributed by atoms with Crippen LogP contribution in [0.2, 0.25) is 0 Å². The highest BCUT2D eigenvalue weighted by atomic mass is 16.7. The molecule has 17 heteroatoms. The van der Waals surface area contributed by atoms with Gasteiger partial charge in [-0.2, -0.15) is 4.98 Å². The van der Waals surface area contributed by atoms with E-state index in [9.17, 15) is 24.3 Å². The second-order valence-corrected chi connectivity index (χ2v) is 17.1. The predicted molar refractivity (Wildman–Crippen MR) is 214 cm³/mol. The van der Waals surface area contributed by atoms with E-state index in [1.54, 1.807) is 52.8 Å². The van der Waals surface area contributed by atoms with Crippen LogP contribution in [0, 0.1) is 23.7 Å². The summed E-state index contributed by atoms with van der Waals surface area (Å²) in [7, 11) is 3.73. The average Bonchev–Trinajstić information content (AvgIpc) is 3.54. The van der Waals surface area contributed by atoms with Crippen molar-refractivity contribution in [3.05, 3.63) is 23.8 Å². The molecule has 2 bridgehead atoms. The van der Waals surface area contributed by atoms with Crippen LogP contribution >= 0.6 is 0 Å². The molecule has 328 valence electrons. The second-order valence-electron chi connectivity index (χ2n) is 17.1. The maximum atomic E-state index is 14.5. The fourth-order valence-electron chi connectivity index (χ4n) is 8.78. The summed E-state index contributed by atoms with van der Waals surface area (Å²) in [6.07, 6.45) is -5.31. The number of cyclic esters (lactones) is 1. The Balaban J connectivity index is 1.63. The topological polar surface area (TPSA) is 221 Å². The average molecular weight is 831 g/mol. The van der Waals surface area contributed by atoms with E-state index in [1.165, 1.54) is 20.8 Å². The molecule has 59 heavy (non-hydrogen) atoms. The molecular weight excluding hydrogens is 768 g/mol. The first-order valence-corrected chi connectivity index (χ1v) is 20.4. The lowest BCUT2D eigenvalue weighted by atomic mass is 9.74. The highest BCUT2D eigenvalue weighted by Gasteiger charge is 2.54. The number of oxime groups is 1. The van der Waals surface area contributed by atoms with Gasteiger partial charge in [0.1, 0.15) is 41.2 Å². The molecule has 3 aliphatic heterocycles. The minimum Gasteiger partial charge on any atom is -0.459 e. The molecule has 1 aromatic heterocycles. The largest absolute Gasteiger partial charge is 0.459 e. The van der Waals surface area contributed by atoms with Crippen molar-refractivity contribution in [2.45, 2.75) is 142 Å². The number of rotatable bonds is 8. The van der Waals surface area contributed by atoms with Gasteiger partial charge in [-0.05, 0) is 78.7 Å². The number of nitrogen functional groups attached to an aromatic ring is 1. The van der Waals surface area contributed by atoms with E-state index in [0.717, 1.165) is 0 Å². The number of hydrogen-bond acceptors (Lipinski definition) is 17. The van der Waals surface area contributed by atoms with Crippen molar-refractivity contribution in [2.75, 3.05) is 33.0 Å². The fourth-order valence-corrected chi connectivity index (χ4v) is 8.78. The van der Waals surface area contributed by atoms with Crippen LogP contribution in [0.15, 0.2) is 27.8 Å². The van der Waals surface area contributed by atoms with Crippen molar-refractivity contribution in [2.24, 2.45) is 28.8 Å². The van der Waals surface area contributed by atoms with Crippen molar-refractivity contribution in [1.82, 2.24) is 9.88 Å². The molecule has 0 spiro atoms. The Hall–Kier alpha value is -4.00. The maximum Gasteiger partial charge on any atom is 0.316 e. The van der Waals surface area contributed by atoms with Gasteiger partial charge in [-0.25, -0.2) is 0 Å². The lowest BCUT2D eigenvalue weighted by Crippen LogP contribution is -2.60. The third kappa shape index (κ3) is 10.3. The Kier molecular flexibility index (Phi) is 14.6. The van der Waals surface area contributed by atoms with Gasteiger partial charge in [0.25, 0.3) is 6.01 Å². The summed E-state index contributed by atoms with van der Waals surface area (Å²) in [5.74, 6) is -6.22. The summed E-state index contributed by atoms with van der Waals surface area (Å²) >= 11 is 0. The minimum absolute atomic E-state index is 0.0152. The molecule has 0 radical (unpaired) electrons. The molecule has 0 unspecified atom stereocenters. The molecule has 0 aliphatic carbocycles. The van der Waals surface area contributed by atoms with Gasteiger partial charge >= 0.3 is 11.9 Å². The SMILES string of the molecule is CC[C@H]1OC(=O)[C@H](C)C(=O)[C@H](C)[C@@H](O[C@@H]2O[C@H](C)C[C@H](N(C)C)[C@H]2OC(C)=O)[C@@]2(C)C[C@@H](C)C(=O)[C@H](C)[C@@H](OC/C(=N\OCc3ccc4oc(N)nc4c3)CO2)[C@]1(C)O. The number of aliphatic hydroxyl groups is 1. The molecule has 3 fully saturated rings.